The Hall–Kier alpha value is -2.68. The second kappa shape index (κ2) is 8.43. The first-order chi connectivity index (χ1) is 11.9. The second-order valence-corrected chi connectivity index (χ2v) is 6.25. The molecule has 2 aromatic rings. The topological polar surface area (TPSA) is 118 Å². The first kappa shape index (κ1) is 18.7. The lowest BCUT2D eigenvalue weighted by Crippen LogP contribution is -2.42. The van der Waals surface area contributed by atoms with Crippen LogP contribution in [-0.2, 0) is 16.1 Å². The molecule has 0 aliphatic carbocycles. The standard InChI is InChI=1S/C16H23N5O4/c1-11(2)6-14(23)17-7-12(22)8-18-15(24)9-21-16(25)13-4-3-5-20(13)10-19-21/h3-5,10-12,22H,6-9H2,1-2H3,(H,17,23)(H,18,24). The molecule has 0 radical (unpaired) electrons. The Morgan fingerprint density at radius 3 is 2.60 bits per heavy atom. The Kier molecular flexibility index (Phi) is 6.29. The summed E-state index contributed by atoms with van der Waals surface area (Å²) in [5.41, 5.74) is 0.0554. The third kappa shape index (κ3) is 5.42. The van der Waals surface area contributed by atoms with E-state index in [0.29, 0.717) is 11.9 Å². The van der Waals surface area contributed by atoms with Crippen LogP contribution < -0.4 is 16.2 Å². The average Bonchev–Trinajstić information content (AvgIpc) is 3.02. The van der Waals surface area contributed by atoms with Crippen LogP contribution in [0.5, 0.6) is 0 Å². The lowest BCUT2D eigenvalue weighted by atomic mass is 10.1. The van der Waals surface area contributed by atoms with E-state index in [1.807, 2.05) is 13.8 Å². The van der Waals surface area contributed by atoms with Gasteiger partial charge in [0.15, 0.2) is 0 Å². The molecule has 0 bridgehead atoms. The van der Waals surface area contributed by atoms with Gasteiger partial charge in [0.25, 0.3) is 5.56 Å². The van der Waals surface area contributed by atoms with E-state index in [1.165, 1.54) is 6.33 Å². The number of carbonyl (C=O) groups excluding carboxylic acids is 2. The summed E-state index contributed by atoms with van der Waals surface area (Å²) in [5, 5.41) is 18.8. The van der Waals surface area contributed by atoms with E-state index in [9.17, 15) is 19.5 Å². The zero-order chi connectivity index (χ0) is 18.4. The van der Waals surface area contributed by atoms with Crippen molar-refractivity contribution in [2.45, 2.75) is 32.9 Å². The van der Waals surface area contributed by atoms with Crippen molar-refractivity contribution in [1.29, 1.82) is 0 Å². The maximum atomic E-state index is 12.1. The molecule has 25 heavy (non-hydrogen) atoms. The van der Waals surface area contributed by atoms with E-state index < -0.39 is 12.0 Å². The fourth-order valence-electron chi connectivity index (χ4n) is 2.26. The van der Waals surface area contributed by atoms with Crippen molar-refractivity contribution in [2.75, 3.05) is 13.1 Å². The monoisotopic (exact) mass is 349 g/mol. The van der Waals surface area contributed by atoms with Crippen molar-refractivity contribution < 1.29 is 14.7 Å². The third-order valence-corrected chi connectivity index (χ3v) is 3.50. The van der Waals surface area contributed by atoms with Gasteiger partial charge in [0.1, 0.15) is 18.4 Å². The Labute approximate surface area is 144 Å². The molecule has 0 saturated carbocycles. The SMILES string of the molecule is CC(C)CC(=O)NCC(O)CNC(=O)Cn1ncn2cccc2c1=O. The molecule has 1 unspecified atom stereocenters. The van der Waals surface area contributed by atoms with Gasteiger partial charge in [0.05, 0.1) is 6.10 Å². The first-order valence-electron chi connectivity index (χ1n) is 8.11. The maximum Gasteiger partial charge on any atom is 0.291 e. The lowest BCUT2D eigenvalue weighted by Gasteiger charge is -2.14. The molecule has 9 heteroatoms. The molecule has 2 heterocycles. The summed E-state index contributed by atoms with van der Waals surface area (Å²) in [4.78, 5) is 35.5. The quantitative estimate of drug-likeness (QED) is 0.573. The smallest absolute Gasteiger partial charge is 0.291 e. The summed E-state index contributed by atoms with van der Waals surface area (Å²) in [5.74, 6) is -0.352. The highest BCUT2D eigenvalue weighted by Gasteiger charge is 2.12. The van der Waals surface area contributed by atoms with Crippen LogP contribution in [0, 0.1) is 5.92 Å². The number of amides is 2. The van der Waals surface area contributed by atoms with Crippen LogP contribution in [0.15, 0.2) is 29.5 Å². The van der Waals surface area contributed by atoms with Crippen molar-refractivity contribution in [2.24, 2.45) is 5.92 Å². The number of nitrogens with zero attached hydrogens (tertiary/aromatic N) is 3. The molecule has 9 nitrogen and oxygen atoms in total. The average molecular weight is 349 g/mol. The van der Waals surface area contributed by atoms with Crippen molar-refractivity contribution in [3.8, 4) is 0 Å². The molecule has 0 fully saturated rings. The van der Waals surface area contributed by atoms with E-state index in [1.54, 1.807) is 22.7 Å². The van der Waals surface area contributed by atoms with Gasteiger partial charge in [-0.05, 0) is 18.1 Å². The predicted molar refractivity (Wildman–Crippen MR) is 90.9 cm³/mol. The highest BCUT2D eigenvalue weighted by atomic mass is 16.3. The highest BCUT2D eigenvalue weighted by Crippen LogP contribution is 1.98. The summed E-state index contributed by atoms with van der Waals surface area (Å²) in [6.45, 7) is 3.64. The molecule has 3 N–H and O–H groups in total. The maximum absolute atomic E-state index is 12.1. The normalized spacial score (nSPS) is 12.3. The fourth-order valence-corrected chi connectivity index (χ4v) is 2.26. The minimum atomic E-state index is -0.905. The van der Waals surface area contributed by atoms with Gasteiger partial charge < -0.3 is 20.1 Å². The van der Waals surface area contributed by atoms with E-state index in [-0.39, 0.29) is 37.0 Å². The minimum absolute atomic E-state index is 0.0249. The zero-order valence-corrected chi connectivity index (χ0v) is 14.3. The van der Waals surface area contributed by atoms with E-state index >= 15 is 0 Å². The van der Waals surface area contributed by atoms with E-state index in [0.717, 1.165) is 4.68 Å². The summed E-state index contributed by atoms with van der Waals surface area (Å²) in [7, 11) is 0. The van der Waals surface area contributed by atoms with Gasteiger partial charge >= 0.3 is 0 Å². The summed E-state index contributed by atoms with van der Waals surface area (Å²) < 4.78 is 2.63. The summed E-state index contributed by atoms with van der Waals surface area (Å²) in [6.07, 6.45) is 2.62. The van der Waals surface area contributed by atoms with Gasteiger partial charge in [0, 0.05) is 25.7 Å². The molecule has 0 aliphatic heterocycles. The van der Waals surface area contributed by atoms with Crippen molar-refractivity contribution in [3.63, 3.8) is 0 Å². The highest BCUT2D eigenvalue weighted by molar-refractivity contribution is 5.76. The molecule has 0 spiro atoms. The number of carbonyl (C=O) groups is 2. The number of aromatic nitrogens is 3. The largest absolute Gasteiger partial charge is 0.389 e. The molecule has 0 aromatic carbocycles. The van der Waals surface area contributed by atoms with Crippen molar-refractivity contribution in [3.05, 3.63) is 35.0 Å². The Bertz CT molecular complexity index is 795. The third-order valence-electron chi connectivity index (χ3n) is 3.50. The zero-order valence-electron chi connectivity index (χ0n) is 14.3. The number of nitrogens with one attached hydrogen (secondary N) is 2. The van der Waals surface area contributed by atoms with Gasteiger partial charge in [-0.1, -0.05) is 13.8 Å². The Morgan fingerprint density at radius 1 is 1.24 bits per heavy atom. The first-order valence-corrected chi connectivity index (χ1v) is 8.11. The van der Waals surface area contributed by atoms with Crippen LogP contribution in [0.25, 0.3) is 5.52 Å². The molecule has 2 rings (SSSR count). The van der Waals surface area contributed by atoms with Crippen LogP contribution >= 0.6 is 0 Å². The number of aliphatic hydroxyl groups excluding tert-OH is 1. The minimum Gasteiger partial charge on any atom is -0.389 e. The van der Waals surface area contributed by atoms with Gasteiger partial charge in [-0.25, -0.2) is 4.68 Å². The molecular weight excluding hydrogens is 326 g/mol. The molecule has 1 atom stereocenters. The van der Waals surface area contributed by atoms with Crippen molar-refractivity contribution in [1.82, 2.24) is 24.8 Å². The van der Waals surface area contributed by atoms with Crippen molar-refractivity contribution >= 4 is 17.3 Å². The van der Waals surface area contributed by atoms with E-state index in [2.05, 4.69) is 15.7 Å². The van der Waals surface area contributed by atoms with Gasteiger partial charge in [-0.2, -0.15) is 5.10 Å². The lowest BCUT2D eigenvalue weighted by molar-refractivity contribution is -0.122. The molecule has 136 valence electrons. The van der Waals surface area contributed by atoms with E-state index in [4.69, 9.17) is 0 Å². The van der Waals surface area contributed by atoms with Crippen LogP contribution in [0.1, 0.15) is 20.3 Å². The van der Waals surface area contributed by atoms with Gasteiger partial charge in [-0.3, -0.25) is 14.4 Å². The number of hydrogen-bond acceptors (Lipinski definition) is 5. The Balaban J connectivity index is 1.79. The molecule has 0 saturated heterocycles. The number of fused-ring (bicyclic) bond motifs is 1. The van der Waals surface area contributed by atoms with Gasteiger partial charge in [0.2, 0.25) is 11.8 Å². The van der Waals surface area contributed by atoms with Crippen LogP contribution in [0.4, 0.5) is 0 Å². The fraction of sp³-hybridized carbons (Fsp3) is 0.500. The number of hydrogen-bond donors (Lipinski definition) is 3. The molecule has 0 aliphatic rings. The molecular formula is C16H23N5O4. The van der Waals surface area contributed by atoms with Gasteiger partial charge in [-0.15, -0.1) is 0 Å². The predicted octanol–water partition coefficient (Wildman–Crippen LogP) is -0.865. The van der Waals surface area contributed by atoms with Crippen LogP contribution in [0.2, 0.25) is 0 Å². The Morgan fingerprint density at radius 2 is 1.92 bits per heavy atom. The van der Waals surface area contributed by atoms with Crippen LogP contribution in [-0.4, -0.2) is 50.3 Å². The molecule has 2 aromatic heterocycles. The number of aliphatic hydroxyl groups is 1. The number of rotatable bonds is 8. The summed E-state index contributed by atoms with van der Waals surface area (Å²) >= 11 is 0. The second-order valence-electron chi connectivity index (χ2n) is 6.25. The van der Waals surface area contributed by atoms with Crippen LogP contribution in [0.3, 0.4) is 0 Å². The molecule has 2 amide bonds. The summed E-state index contributed by atoms with van der Waals surface area (Å²) in [6, 6.07) is 3.36.